The molecule has 0 aliphatic carbocycles. The van der Waals surface area contributed by atoms with Crippen molar-refractivity contribution in [2.75, 3.05) is 6.54 Å². The molecular formula is C11H13ClFNO. The summed E-state index contributed by atoms with van der Waals surface area (Å²) in [6, 6.07) is 4.71. The van der Waals surface area contributed by atoms with E-state index in [4.69, 9.17) is 17.3 Å². The fourth-order valence-electron chi connectivity index (χ4n) is 1.47. The van der Waals surface area contributed by atoms with Crippen molar-refractivity contribution in [2.24, 2.45) is 5.73 Å². The Labute approximate surface area is 93.2 Å². The second kappa shape index (κ2) is 4.29. The summed E-state index contributed by atoms with van der Waals surface area (Å²) in [6.07, 6.45) is 0. The molecule has 1 aromatic rings. The van der Waals surface area contributed by atoms with E-state index in [0.717, 1.165) is 0 Å². The molecule has 0 saturated heterocycles. The van der Waals surface area contributed by atoms with Crippen LogP contribution in [0.15, 0.2) is 18.2 Å². The number of Topliss-reactive ketones (excluding diaryl/α,β-unsaturated/α-hetero) is 1. The molecule has 1 aromatic carbocycles. The van der Waals surface area contributed by atoms with Gasteiger partial charge < -0.3 is 5.73 Å². The summed E-state index contributed by atoms with van der Waals surface area (Å²) in [5.74, 6) is -0.307. The van der Waals surface area contributed by atoms with E-state index in [2.05, 4.69) is 0 Å². The van der Waals surface area contributed by atoms with Gasteiger partial charge in [0.1, 0.15) is 5.67 Å². The van der Waals surface area contributed by atoms with Crippen LogP contribution in [0.3, 0.4) is 0 Å². The maximum Gasteiger partial charge on any atom is 0.176 e. The number of carbonyl (C=O) groups excluding carboxylic acids is 1. The van der Waals surface area contributed by atoms with Gasteiger partial charge >= 0.3 is 0 Å². The van der Waals surface area contributed by atoms with E-state index in [1.165, 1.54) is 19.9 Å². The minimum Gasteiger partial charge on any atom is -0.324 e. The lowest BCUT2D eigenvalue weighted by molar-refractivity contribution is 0.0994. The highest BCUT2D eigenvalue weighted by Crippen LogP contribution is 2.33. The van der Waals surface area contributed by atoms with Crippen LogP contribution in [0, 0.1) is 0 Å². The van der Waals surface area contributed by atoms with Crippen LogP contribution < -0.4 is 5.73 Å². The minimum absolute atomic E-state index is 0.149. The summed E-state index contributed by atoms with van der Waals surface area (Å²) in [7, 11) is 0. The maximum atomic E-state index is 13.9. The van der Waals surface area contributed by atoms with E-state index in [1.54, 1.807) is 12.1 Å². The second-order valence-corrected chi connectivity index (χ2v) is 4.17. The van der Waals surface area contributed by atoms with Crippen molar-refractivity contribution in [3.05, 3.63) is 34.3 Å². The lowest BCUT2D eigenvalue weighted by atomic mass is 9.92. The van der Waals surface area contributed by atoms with Crippen molar-refractivity contribution in [3.63, 3.8) is 0 Å². The Balaban J connectivity index is 3.40. The van der Waals surface area contributed by atoms with Gasteiger partial charge in [0.25, 0.3) is 0 Å². The maximum absolute atomic E-state index is 13.9. The molecule has 0 spiro atoms. The molecule has 0 aliphatic rings. The average molecular weight is 230 g/mol. The van der Waals surface area contributed by atoms with Gasteiger partial charge in [0.05, 0.1) is 6.54 Å². The first-order chi connectivity index (χ1) is 6.88. The Morgan fingerprint density at radius 2 is 2.13 bits per heavy atom. The Kier molecular flexibility index (Phi) is 3.47. The molecule has 82 valence electrons. The fourth-order valence-corrected chi connectivity index (χ4v) is 1.87. The molecule has 0 saturated carbocycles. The first-order valence-electron chi connectivity index (χ1n) is 4.59. The topological polar surface area (TPSA) is 43.1 Å². The third-order valence-corrected chi connectivity index (χ3v) is 2.41. The summed E-state index contributed by atoms with van der Waals surface area (Å²) < 4.78 is 13.9. The number of nitrogens with two attached hydrogens (primary N) is 1. The number of rotatable bonds is 3. The fraction of sp³-hybridized carbons (Fsp3) is 0.364. The normalized spacial score (nSPS) is 11.5. The van der Waals surface area contributed by atoms with Gasteiger partial charge in [-0.15, -0.1) is 0 Å². The summed E-state index contributed by atoms with van der Waals surface area (Å²) >= 11 is 5.88. The number of halogens is 2. The number of alkyl halides is 1. The van der Waals surface area contributed by atoms with Crippen LogP contribution in [-0.4, -0.2) is 12.3 Å². The lowest BCUT2D eigenvalue weighted by Gasteiger charge is -2.19. The van der Waals surface area contributed by atoms with Gasteiger partial charge in [-0.1, -0.05) is 23.7 Å². The quantitative estimate of drug-likeness (QED) is 0.810. The Hall–Kier alpha value is -0.930. The number of hydrogen-bond donors (Lipinski definition) is 1. The van der Waals surface area contributed by atoms with Crippen molar-refractivity contribution in [1.82, 2.24) is 0 Å². The van der Waals surface area contributed by atoms with Crippen molar-refractivity contribution in [1.29, 1.82) is 0 Å². The summed E-state index contributed by atoms with van der Waals surface area (Å²) in [5.41, 5.74) is 4.07. The molecule has 15 heavy (non-hydrogen) atoms. The predicted octanol–water partition coefficient (Wildman–Crippen LogP) is 2.69. The zero-order chi connectivity index (χ0) is 11.6. The molecule has 2 N–H and O–H groups in total. The second-order valence-electron chi connectivity index (χ2n) is 3.76. The van der Waals surface area contributed by atoms with Crippen LogP contribution >= 0.6 is 11.6 Å². The van der Waals surface area contributed by atoms with E-state index in [0.29, 0.717) is 0 Å². The molecule has 0 bridgehead atoms. The molecule has 0 unspecified atom stereocenters. The molecular weight excluding hydrogens is 217 g/mol. The highest BCUT2D eigenvalue weighted by molar-refractivity contribution is 6.32. The molecule has 1 rings (SSSR count). The number of hydrogen-bond acceptors (Lipinski definition) is 2. The first-order valence-corrected chi connectivity index (χ1v) is 4.97. The van der Waals surface area contributed by atoms with Crippen LogP contribution in [-0.2, 0) is 5.67 Å². The predicted molar refractivity (Wildman–Crippen MR) is 59.0 cm³/mol. The Morgan fingerprint density at radius 3 is 2.60 bits per heavy atom. The number of ketones is 1. The molecule has 0 aliphatic heterocycles. The van der Waals surface area contributed by atoms with Crippen molar-refractivity contribution < 1.29 is 9.18 Å². The highest BCUT2D eigenvalue weighted by Gasteiger charge is 2.27. The van der Waals surface area contributed by atoms with Crippen molar-refractivity contribution in [3.8, 4) is 0 Å². The summed E-state index contributed by atoms with van der Waals surface area (Å²) in [6.45, 7) is 2.58. The SMILES string of the molecule is CC(C)(F)c1c(Cl)cccc1C(=O)CN. The minimum atomic E-state index is -1.65. The molecule has 0 fully saturated rings. The molecule has 4 heteroatoms. The van der Waals surface area contributed by atoms with Gasteiger partial charge in [0, 0.05) is 16.1 Å². The van der Waals surface area contributed by atoms with Crippen LogP contribution in [0.5, 0.6) is 0 Å². The standard InChI is InChI=1S/C11H13ClFNO/c1-11(2,13)10-7(9(15)6-14)4-3-5-8(10)12/h3-5H,6,14H2,1-2H3. The Bertz CT molecular complexity index is 385. The van der Waals surface area contributed by atoms with Crippen molar-refractivity contribution >= 4 is 17.4 Å². The largest absolute Gasteiger partial charge is 0.324 e. The smallest absolute Gasteiger partial charge is 0.176 e. The number of benzene rings is 1. The van der Waals surface area contributed by atoms with E-state index in [-0.39, 0.29) is 28.5 Å². The first kappa shape index (κ1) is 12.1. The van der Waals surface area contributed by atoms with E-state index < -0.39 is 5.67 Å². The van der Waals surface area contributed by atoms with Gasteiger partial charge in [-0.2, -0.15) is 0 Å². The molecule has 0 heterocycles. The van der Waals surface area contributed by atoms with Crippen LogP contribution in [0.2, 0.25) is 5.02 Å². The van der Waals surface area contributed by atoms with Crippen LogP contribution in [0.1, 0.15) is 29.8 Å². The highest BCUT2D eigenvalue weighted by atomic mass is 35.5. The van der Waals surface area contributed by atoms with E-state index in [9.17, 15) is 9.18 Å². The van der Waals surface area contributed by atoms with Crippen molar-refractivity contribution in [2.45, 2.75) is 19.5 Å². The van der Waals surface area contributed by atoms with Gasteiger partial charge in [-0.3, -0.25) is 4.79 Å². The van der Waals surface area contributed by atoms with Crippen LogP contribution in [0.25, 0.3) is 0 Å². The molecule has 0 amide bonds. The lowest BCUT2D eigenvalue weighted by Crippen LogP contribution is -2.21. The molecule has 0 radical (unpaired) electrons. The van der Waals surface area contributed by atoms with Gasteiger partial charge in [-0.05, 0) is 19.9 Å². The Morgan fingerprint density at radius 1 is 1.53 bits per heavy atom. The van der Waals surface area contributed by atoms with E-state index >= 15 is 0 Å². The molecule has 2 nitrogen and oxygen atoms in total. The zero-order valence-corrected chi connectivity index (χ0v) is 9.44. The molecule has 0 atom stereocenters. The monoisotopic (exact) mass is 229 g/mol. The van der Waals surface area contributed by atoms with Gasteiger partial charge in [0.15, 0.2) is 5.78 Å². The zero-order valence-electron chi connectivity index (χ0n) is 8.68. The molecule has 0 aromatic heterocycles. The average Bonchev–Trinajstić information content (AvgIpc) is 2.14. The summed E-state index contributed by atoms with van der Waals surface area (Å²) in [4.78, 5) is 11.5. The third-order valence-electron chi connectivity index (χ3n) is 2.09. The number of carbonyl (C=O) groups is 1. The third kappa shape index (κ3) is 2.55. The van der Waals surface area contributed by atoms with Crippen LogP contribution in [0.4, 0.5) is 4.39 Å². The van der Waals surface area contributed by atoms with Gasteiger partial charge in [0.2, 0.25) is 0 Å². The van der Waals surface area contributed by atoms with E-state index in [1.807, 2.05) is 0 Å². The summed E-state index contributed by atoms with van der Waals surface area (Å²) in [5, 5.41) is 0.252. The van der Waals surface area contributed by atoms with Gasteiger partial charge in [-0.25, -0.2) is 4.39 Å².